The number of aromatic nitrogens is 1. The Morgan fingerprint density at radius 2 is 2.14 bits per heavy atom. The molecule has 0 atom stereocenters. The molecule has 14 heavy (non-hydrogen) atoms. The third-order valence-corrected chi connectivity index (χ3v) is 2.64. The highest BCUT2D eigenvalue weighted by Crippen LogP contribution is 2.28. The van der Waals surface area contributed by atoms with E-state index >= 15 is 0 Å². The Labute approximate surface area is 86.9 Å². The van der Waals surface area contributed by atoms with Crippen molar-refractivity contribution in [3.05, 3.63) is 34.5 Å². The molecule has 0 aliphatic carbocycles. The Morgan fingerprint density at radius 3 is 2.79 bits per heavy atom. The lowest BCUT2D eigenvalue weighted by atomic mass is 10.2. The van der Waals surface area contributed by atoms with Gasteiger partial charge in [0.05, 0.1) is 5.02 Å². The number of aryl methyl sites for hydroxylation is 1. The van der Waals surface area contributed by atoms with Crippen LogP contribution >= 0.6 is 11.6 Å². The van der Waals surface area contributed by atoms with E-state index in [2.05, 4.69) is 4.98 Å². The highest BCUT2D eigenvalue weighted by atomic mass is 35.5. The highest BCUT2D eigenvalue weighted by molar-refractivity contribution is 6.38. The molecule has 2 nitrogen and oxygen atoms in total. The molecule has 2 rings (SSSR count). The van der Waals surface area contributed by atoms with Crippen LogP contribution < -0.4 is 0 Å². The molecule has 1 N–H and O–H groups in total. The third kappa shape index (κ3) is 1.32. The zero-order valence-electron chi connectivity index (χ0n) is 8.02. The summed E-state index contributed by atoms with van der Waals surface area (Å²) in [7, 11) is 0. The van der Waals surface area contributed by atoms with Crippen LogP contribution in [0.4, 0.5) is 0 Å². The average Bonchev–Trinajstić information content (AvgIpc) is 2.44. The van der Waals surface area contributed by atoms with Crippen molar-refractivity contribution in [1.82, 2.24) is 4.98 Å². The number of carbonyl (C=O) groups is 1. The fraction of sp³-hybridized carbons (Fsp3) is 0.182. The molecular formula is C11H10ClNO. The molecule has 1 aromatic heterocycles. The molecule has 0 radical (unpaired) electrons. The van der Waals surface area contributed by atoms with Crippen LogP contribution in [0, 0.1) is 6.92 Å². The zero-order chi connectivity index (χ0) is 10.3. The van der Waals surface area contributed by atoms with E-state index in [1.54, 1.807) is 0 Å². The summed E-state index contributed by atoms with van der Waals surface area (Å²) in [4.78, 5) is 14.2. The molecule has 72 valence electrons. The molecule has 0 aliphatic heterocycles. The van der Waals surface area contributed by atoms with Crippen molar-refractivity contribution in [2.75, 3.05) is 0 Å². The van der Waals surface area contributed by atoms with Crippen LogP contribution in [0.3, 0.4) is 0 Å². The van der Waals surface area contributed by atoms with Crippen LogP contribution in [-0.4, -0.2) is 10.8 Å². The second-order valence-corrected chi connectivity index (χ2v) is 3.80. The normalized spacial score (nSPS) is 10.8. The minimum absolute atomic E-state index is 0.0381. The van der Waals surface area contributed by atoms with Gasteiger partial charge in [0.2, 0.25) is 0 Å². The molecule has 0 fully saturated rings. The number of hydrogen-bond acceptors (Lipinski definition) is 1. The number of aromatic amines is 1. The second kappa shape index (κ2) is 3.14. The van der Waals surface area contributed by atoms with Crippen molar-refractivity contribution >= 4 is 28.3 Å². The van der Waals surface area contributed by atoms with Gasteiger partial charge in [-0.2, -0.15) is 0 Å². The van der Waals surface area contributed by atoms with Crippen LogP contribution in [0.25, 0.3) is 10.9 Å². The number of halogens is 1. The number of nitrogens with one attached hydrogen (secondary N) is 1. The number of H-pyrrole nitrogens is 1. The van der Waals surface area contributed by atoms with Crippen LogP contribution in [0.1, 0.15) is 23.0 Å². The monoisotopic (exact) mass is 207 g/mol. The molecule has 2 aromatic rings. The molecule has 1 heterocycles. The van der Waals surface area contributed by atoms with Gasteiger partial charge in [0.1, 0.15) is 5.69 Å². The number of carbonyl (C=O) groups excluding carboxylic acids is 1. The standard InChI is InChI=1S/C11H10ClNO/c1-6-3-4-9-8(5-6)10(12)11(13-9)7(2)14/h3-5,13H,1-2H3. The summed E-state index contributed by atoms with van der Waals surface area (Å²) in [6.45, 7) is 3.50. The maximum atomic E-state index is 11.2. The predicted molar refractivity (Wildman–Crippen MR) is 58.1 cm³/mol. The Hall–Kier alpha value is -1.28. The summed E-state index contributed by atoms with van der Waals surface area (Å²) in [5, 5.41) is 1.44. The van der Waals surface area contributed by atoms with Crippen molar-refractivity contribution in [2.24, 2.45) is 0 Å². The van der Waals surface area contributed by atoms with Crippen molar-refractivity contribution in [2.45, 2.75) is 13.8 Å². The molecule has 0 saturated carbocycles. The van der Waals surface area contributed by atoms with E-state index in [9.17, 15) is 4.79 Å². The van der Waals surface area contributed by atoms with Gasteiger partial charge in [-0.15, -0.1) is 0 Å². The molecule has 0 aliphatic rings. The Morgan fingerprint density at radius 1 is 1.43 bits per heavy atom. The number of Topliss-reactive ketones (excluding diaryl/α,β-unsaturated/α-hetero) is 1. The van der Waals surface area contributed by atoms with Gasteiger partial charge in [0, 0.05) is 17.8 Å². The van der Waals surface area contributed by atoms with Gasteiger partial charge in [0.25, 0.3) is 0 Å². The van der Waals surface area contributed by atoms with Crippen LogP contribution in [0.15, 0.2) is 18.2 Å². The lowest BCUT2D eigenvalue weighted by Gasteiger charge is -1.92. The number of hydrogen-bond donors (Lipinski definition) is 1. The summed E-state index contributed by atoms with van der Waals surface area (Å²) in [6, 6.07) is 5.89. The van der Waals surface area contributed by atoms with E-state index in [1.165, 1.54) is 6.92 Å². The van der Waals surface area contributed by atoms with Gasteiger partial charge in [0.15, 0.2) is 5.78 Å². The highest BCUT2D eigenvalue weighted by Gasteiger charge is 2.12. The van der Waals surface area contributed by atoms with Gasteiger partial charge in [-0.1, -0.05) is 23.2 Å². The van der Waals surface area contributed by atoms with E-state index in [1.807, 2.05) is 25.1 Å². The minimum atomic E-state index is -0.0381. The van der Waals surface area contributed by atoms with Crippen molar-refractivity contribution in [1.29, 1.82) is 0 Å². The van der Waals surface area contributed by atoms with E-state index < -0.39 is 0 Å². The number of rotatable bonds is 1. The summed E-state index contributed by atoms with van der Waals surface area (Å²) >= 11 is 6.07. The average molecular weight is 208 g/mol. The molecule has 0 amide bonds. The van der Waals surface area contributed by atoms with Gasteiger partial charge >= 0.3 is 0 Å². The maximum Gasteiger partial charge on any atom is 0.177 e. The Kier molecular flexibility index (Phi) is 2.08. The van der Waals surface area contributed by atoms with Crippen molar-refractivity contribution in [3.8, 4) is 0 Å². The van der Waals surface area contributed by atoms with Gasteiger partial charge < -0.3 is 4.98 Å². The van der Waals surface area contributed by atoms with Crippen molar-refractivity contribution in [3.63, 3.8) is 0 Å². The lowest BCUT2D eigenvalue weighted by Crippen LogP contribution is -1.91. The van der Waals surface area contributed by atoms with Crippen LogP contribution in [-0.2, 0) is 0 Å². The third-order valence-electron chi connectivity index (χ3n) is 2.24. The van der Waals surface area contributed by atoms with Crippen LogP contribution in [0.5, 0.6) is 0 Å². The Balaban J connectivity index is 2.80. The Bertz CT molecular complexity index is 513. The van der Waals surface area contributed by atoms with E-state index in [-0.39, 0.29) is 5.78 Å². The largest absolute Gasteiger partial charge is 0.351 e. The molecule has 3 heteroatoms. The maximum absolute atomic E-state index is 11.2. The van der Waals surface area contributed by atoms with Gasteiger partial charge in [-0.3, -0.25) is 4.79 Å². The topological polar surface area (TPSA) is 32.9 Å². The van der Waals surface area contributed by atoms with E-state index in [4.69, 9.17) is 11.6 Å². The first-order valence-electron chi connectivity index (χ1n) is 4.38. The van der Waals surface area contributed by atoms with Crippen molar-refractivity contribution < 1.29 is 4.79 Å². The predicted octanol–water partition coefficient (Wildman–Crippen LogP) is 3.33. The molecule has 0 bridgehead atoms. The second-order valence-electron chi connectivity index (χ2n) is 3.42. The zero-order valence-corrected chi connectivity index (χ0v) is 8.77. The lowest BCUT2D eigenvalue weighted by molar-refractivity contribution is 0.101. The first kappa shape index (κ1) is 9.28. The summed E-state index contributed by atoms with van der Waals surface area (Å²) < 4.78 is 0. The molecule has 0 spiro atoms. The molecule has 0 saturated heterocycles. The molecule has 0 unspecified atom stereocenters. The first-order chi connectivity index (χ1) is 6.59. The number of ketones is 1. The fourth-order valence-electron chi connectivity index (χ4n) is 1.52. The minimum Gasteiger partial charge on any atom is -0.351 e. The SMILES string of the molecule is CC(=O)c1[nH]c2ccc(C)cc2c1Cl. The van der Waals surface area contributed by atoms with E-state index in [0.717, 1.165) is 16.5 Å². The first-order valence-corrected chi connectivity index (χ1v) is 4.76. The summed E-state index contributed by atoms with van der Waals surface area (Å²) in [5.41, 5.74) is 2.53. The van der Waals surface area contributed by atoms with Gasteiger partial charge in [-0.05, 0) is 19.1 Å². The number of fused-ring (bicyclic) bond motifs is 1. The molecule has 1 aromatic carbocycles. The quantitative estimate of drug-likeness (QED) is 0.715. The molecular weight excluding hydrogens is 198 g/mol. The summed E-state index contributed by atoms with van der Waals surface area (Å²) in [6.07, 6.45) is 0. The fourth-order valence-corrected chi connectivity index (χ4v) is 1.85. The smallest absolute Gasteiger partial charge is 0.177 e. The summed E-state index contributed by atoms with van der Waals surface area (Å²) in [5.74, 6) is -0.0381. The van der Waals surface area contributed by atoms with Gasteiger partial charge in [-0.25, -0.2) is 0 Å². The van der Waals surface area contributed by atoms with E-state index in [0.29, 0.717) is 10.7 Å². The number of benzene rings is 1. The van der Waals surface area contributed by atoms with Crippen LogP contribution in [0.2, 0.25) is 5.02 Å².